The lowest BCUT2D eigenvalue weighted by molar-refractivity contribution is 0.0487. The minimum atomic E-state index is -0.450. The van der Waals surface area contributed by atoms with Gasteiger partial charge < -0.3 is 20.5 Å². The number of hydrogen-bond acceptors (Lipinski definition) is 4. The van der Waals surface area contributed by atoms with E-state index in [2.05, 4.69) is 10.6 Å². The third-order valence-corrected chi connectivity index (χ3v) is 4.74. The van der Waals surface area contributed by atoms with E-state index in [0.29, 0.717) is 18.0 Å². The second kappa shape index (κ2) is 7.64. The molecule has 5 nitrogen and oxygen atoms in total. The number of ether oxygens (including phenoxy) is 1. The Hall–Kier alpha value is -0.810. The highest BCUT2D eigenvalue weighted by Gasteiger charge is 2.31. The highest BCUT2D eigenvalue weighted by Crippen LogP contribution is 2.28. The first-order valence-electron chi connectivity index (χ1n) is 8.74. The number of carbonyl (C=O) groups is 1. The summed E-state index contributed by atoms with van der Waals surface area (Å²) in [6, 6.07) is 1.07. The second-order valence-electron chi connectivity index (χ2n) is 7.85. The summed E-state index contributed by atoms with van der Waals surface area (Å²) in [5.74, 6) is 0.402. The maximum absolute atomic E-state index is 11.9. The minimum Gasteiger partial charge on any atom is -0.444 e. The molecule has 0 spiro atoms. The van der Waals surface area contributed by atoms with Gasteiger partial charge in [-0.2, -0.15) is 0 Å². The van der Waals surface area contributed by atoms with Crippen molar-refractivity contribution >= 4 is 6.09 Å². The van der Waals surface area contributed by atoms with Crippen molar-refractivity contribution in [3.8, 4) is 0 Å². The maximum Gasteiger partial charge on any atom is 0.407 e. The number of carbonyl (C=O) groups excluding carboxylic acids is 1. The molecule has 0 aromatic rings. The molecule has 2 rings (SSSR count). The quantitative estimate of drug-likeness (QED) is 0.746. The molecule has 128 valence electrons. The number of amides is 1. The Labute approximate surface area is 134 Å². The summed E-state index contributed by atoms with van der Waals surface area (Å²) in [6.07, 6.45) is 7.42. The summed E-state index contributed by atoms with van der Waals surface area (Å²) < 4.78 is 5.34. The number of rotatable bonds is 4. The van der Waals surface area contributed by atoms with Gasteiger partial charge in [0.05, 0.1) is 0 Å². The van der Waals surface area contributed by atoms with Crippen molar-refractivity contribution in [2.24, 2.45) is 5.92 Å². The molecule has 0 heterocycles. The van der Waals surface area contributed by atoms with Crippen molar-refractivity contribution in [2.45, 2.75) is 89.4 Å². The molecular formula is C17H32N2O3. The van der Waals surface area contributed by atoms with Crippen molar-refractivity contribution in [3.63, 3.8) is 0 Å². The third-order valence-electron chi connectivity index (χ3n) is 4.74. The lowest BCUT2D eigenvalue weighted by atomic mass is 9.89. The standard InChI is InChI=1S/C17H32N2O3/c1-17(2,3)22-16(21)19-14-8-5-7-13(10-14)18-15-9-4-6-12(15)11-20/h12-15,18,20H,4-11H2,1-3H3,(H,19,21). The molecule has 2 fully saturated rings. The summed E-state index contributed by atoms with van der Waals surface area (Å²) in [6.45, 7) is 5.93. The van der Waals surface area contributed by atoms with Crippen LogP contribution in [-0.4, -0.2) is 41.5 Å². The van der Waals surface area contributed by atoms with Crippen LogP contribution in [0.25, 0.3) is 0 Å². The normalized spacial score (nSPS) is 32.7. The van der Waals surface area contributed by atoms with Crippen molar-refractivity contribution in [2.75, 3.05) is 6.61 Å². The largest absolute Gasteiger partial charge is 0.444 e. The summed E-state index contributed by atoms with van der Waals surface area (Å²) >= 11 is 0. The summed E-state index contributed by atoms with van der Waals surface area (Å²) in [7, 11) is 0. The molecule has 22 heavy (non-hydrogen) atoms. The molecule has 4 atom stereocenters. The number of aliphatic hydroxyl groups excluding tert-OH is 1. The van der Waals surface area contributed by atoms with Gasteiger partial charge in [0.2, 0.25) is 0 Å². The molecule has 0 aliphatic heterocycles. The molecule has 0 radical (unpaired) electrons. The number of aliphatic hydroxyl groups is 1. The SMILES string of the molecule is CC(C)(C)OC(=O)NC1CCCC(NC2CCCC2CO)C1. The smallest absolute Gasteiger partial charge is 0.407 e. The molecule has 0 aromatic carbocycles. The Kier molecular flexibility index (Phi) is 6.09. The van der Waals surface area contributed by atoms with Crippen molar-refractivity contribution in [1.29, 1.82) is 0 Å². The van der Waals surface area contributed by atoms with Gasteiger partial charge in [0.25, 0.3) is 0 Å². The van der Waals surface area contributed by atoms with E-state index < -0.39 is 5.60 Å². The Morgan fingerprint density at radius 3 is 2.50 bits per heavy atom. The highest BCUT2D eigenvalue weighted by molar-refractivity contribution is 5.68. The molecule has 2 saturated carbocycles. The van der Waals surface area contributed by atoms with Crippen LogP contribution in [0, 0.1) is 5.92 Å². The lowest BCUT2D eigenvalue weighted by Gasteiger charge is -2.34. The van der Waals surface area contributed by atoms with E-state index >= 15 is 0 Å². The van der Waals surface area contributed by atoms with E-state index in [9.17, 15) is 9.90 Å². The Morgan fingerprint density at radius 1 is 1.14 bits per heavy atom. The van der Waals surface area contributed by atoms with E-state index in [0.717, 1.165) is 38.5 Å². The first-order valence-corrected chi connectivity index (χ1v) is 8.74. The van der Waals surface area contributed by atoms with E-state index in [1.807, 2.05) is 20.8 Å². The Balaban J connectivity index is 1.78. The monoisotopic (exact) mass is 312 g/mol. The third kappa shape index (κ3) is 5.43. The van der Waals surface area contributed by atoms with Gasteiger partial charge in [-0.05, 0) is 65.2 Å². The summed E-state index contributed by atoms with van der Waals surface area (Å²) in [5.41, 5.74) is -0.450. The fourth-order valence-electron chi connectivity index (χ4n) is 3.72. The number of hydrogen-bond donors (Lipinski definition) is 3. The molecule has 0 aromatic heterocycles. The van der Waals surface area contributed by atoms with Crippen LogP contribution in [0.15, 0.2) is 0 Å². The topological polar surface area (TPSA) is 70.6 Å². The fourth-order valence-corrected chi connectivity index (χ4v) is 3.72. The molecule has 5 heteroatoms. The summed E-state index contributed by atoms with van der Waals surface area (Å²) in [4.78, 5) is 11.9. The first kappa shape index (κ1) is 17.5. The molecular weight excluding hydrogens is 280 g/mol. The zero-order valence-corrected chi connectivity index (χ0v) is 14.2. The van der Waals surface area contributed by atoms with Crippen LogP contribution in [-0.2, 0) is 4.74 Å². The van der Waals surface area contributed by atoms with E-state index in [1.54, 1.807) is 0 Å². The van der Waals surface area contributed by atoms with Gasteiger partial charge in [-0.25, -0.2) is 4.79 Å². The molecule has 1 amide bonds. The maximum atomic E-state index is 11.9. The van der Waals surface area contributed by atoms with Gasteiger partial charge in [0.1, 0.15) is 5.60 Å². The Bertz CT molecular complexity index is 367. The predicted molar refractivity (Wildman–Crippen MR) is 86.8 cm³/mol. The summed E-state index contributed by atoms with van der Waals surface area (Å²) in [5, 5.41) is 16.2. The second-order valence-corrected chi connectivity index (χ2v) is 7.85. The minimum absolute atomic E-state index is 0.190. The van der Waals surface area contributed by atoms with Crippen molar-refractivity contribution < 1.29 is 14.6 Å². The van der Waals surface area contributed by atoms with Gasteiger partial charge in [0, 0.05) is 24.7 Å². The molecule has 3 N–H and O–H groups in total. The number of nitrogens with one attached hydrogen (secondary N) is 2. The average molecular weight is 312 g/mol. The molecule has 0 saturated heterocycles. The van der Waals surface area contributed by atoms with Crippen LogP contribution < -0.4 is 10.6 Å². The van der Waals surface area contributed by atoms with Gasteiger partial charge in [-0.3, -0.25) is 0 Å². The molecule has 2 aliphatic rings. The first-order chi connectivity index (χ1) is 10.4. The fraction of sp³-hybridized carbons (Fsp3) is 0.941. The van der Waals surface area contributed by atoms with Gasteiger partial charge in [0.15, 0.2) is 0 Å². The molecule has 4 unspecified atom stereocenters. The van der Waals surface area contributed by atoms with E-state index in [4.69, 9.17) is 4.74 Å². The lowest BCUT2D eigenvalue weighted by Crippen LogP contribution is -2.49. The van der Waals surface area contributed by atoms with Crippen LogP contribution in [0.4, 0.5) is 4.79 Å². The van der Waals surface area contributed by atoms with Crippen LogP contribution in [0.3, 0.4) is 0 Å². The van der Waals surface area contributed by atoms with Gasteiger partial charge >= 0.3 is 6.09 Å². The van der Waals surface area contributed by atoms with Crippen LogP contribution in [0.1, 0.15) is 65.7 Å². The average Bonchev–Trinajstić information content (AvgIpc) is 2.84. The Morgan fingerprint density at radius 2 is 1.82 bits per heavy atom. The van der Waals surface area contributed by atoms with Crippen molar-refractivity contribution in [1.82, 2.24) is 10.6 Å². The zero-order valence-electron chi connectivity index (χ0n) is 14.2. The van der Waals surface area contributed by atoms with Crippen LogP contribution >= 0.6 is 0 Å². The molecule has 0 bridgehead atoms. The van der Waals surface area contributed by atoms with Gasteiger partial charge in [-0.15, -0.1) is 0 Å². The highest BCUT2D eigenvalue weighted by atomic mass is 16.6. The molecule has 2 aliphatic carbocycles. The van der Waals surface area contributed by atoms with Gasteiger partial charge in [-0.1, -0.05) is 6.42 Å². The van der Waals surface area contributed by atoms with Crippen LogP contribution in [0.5, 0.6) is 0 Å². The van der Waals surface area contributed by atoms with E-state index in [-0.39, 0.29) is 18.7 Å². The van der Waals surface area contributed by atoms with Crippen LogP contribution in [0.2, 0.25) is 0 Å². The predicted octanol–water partition coefficient (Wildman–Crippen LogP) is 2.57. The van der Waals surface area contributed by atoms with Crippen molar-refractivity contribution in [3.05, 3.63) is 0 Å². The zero-order chi connectivity index (χ0) is 16.2. The van der Waals surface area contributed by atoms with E-state index in [1.165, 1.54) is 6.42 Å². The number of alkyl carbamates (subject to hydrolysis) is 1.